The van der Waals surface area contributed by atoms with Crippen molar-refractivity contribution in [2.45, 2.75) is 24.7 Å². The smallest absolute Gasteiger partial charge is 0.491 e. The molecule has 4 N–H and O–H groups in total. The maximum Gasteiger partial charge on any atom is 0.493 e. The number of alkyl halides is 3. The molecule has 0 radical (unpaired) electrons. The number of para-hydroxylation sites is 1. The van der Waals surface area contributed by atoms with E-state index in [0.717, 1.165) is 12.1 Å². The Morgan fingerprint density at radius 2 is 1.71 bits per heavy atom. The van der Waals surface area contributed by atoms with Gasteiger partial charge in [0.1, 0.15) is 18.5 Å². The van der Waals surface area contributed by atoms with Gasteiger partial charge in [0, 0.05) is 30.4 Å². The first-order valence-electron chi connectivity index (χ1n) is 12.4. The molecule has 3 aromatic rings. The summed E-state index contributed by atoms with van der Waals surface area (Å²) in [5, 5.41) is 36.1. The molecule has 0 aliphatic carbocycles. The third-order valence-corrected chi connectivity index (χ3v) is 5.60. The summed E-state index contributed by atoms with van der Waals surface area (Å²) < 4.78 is 44.2. The number of nitrogens with one attached hydrogen (secondary N) is 2. The number of carbonyl (C=O) groups is 2. The molecule has 0 aliphatic rings. The van der Waals surface area contributed by atoms with Gasteiger partial charge >= 0.3 is 18.2 Å². The van der Waals surface area contributed by atoms with Gasteiger partial charge in [-0.25, -0.2) is 9.59 Å². The van der Waals surface area contributed by atoms with Crippen LogP contribution in [-0.4, -0.2) is 65.2 Å². The van der Waals surface area contributed by atoms with E-state index in [2.05, 4.69) is 15.5 Å². The van der Waals surface area contributed by atoms with E-state index >= 15 is 0 Å². The van der Waals surface area contributed by atoms with E-state index in [-0.39, 0.29) is 48.3 Å². The monoisotopic (exact) mass is 592 g/mol. The van der Waals surface area contributed by atoms with Gasteiger partial charge in [-0.05, 0) is 42.3 Å². The minimum atomic E-state index is -5.42. The highest BCUT2D eigenvalue weighted by Gasteiger charge is 2.43. The van der Waals surface area contributed by atoms with E-state index < -0.39 is 35.2 Å². The number of anilines is 2. The van der Waals surface area contributed by atoms with Crippen LogP contribution < -0.4 is 20.4 Å². The summed E-state index contributed by atoms with van der Waals surface area (Å²) >= 11 is 0. The molecule has 0 heterocycles. The Balaban J connectivity index is 1.65. The molecule has 2 amide bonds. The van der Waals surface area contributed by atoms with Gasteiger partial charge in [-0.15, -0.1) is 5.06 Å². The predicted octanol–water partition coefficient (Wildman–Crippen LogP) is 3.59. The lowest BCUT2D eigenvalue weighted by molar-refractivity contribution is -0.384. The quantitative estimate of drug-likeness (QED) is 0.182. The fourth-order valence-corrected chi connectivity index (χ4v) is 3.54. The average Bonchev–Trinajstić information content (AvgIpc) is 2.97. The number of nitro groups is 1. The van der Waals surface area contributed by atoms with Crippen LogP contribution in [0.5, 0.6) is 5.75 Å². The average molecular weight is 593 g/mol. The summed E-state index contributed by atoms with van der Waals surface area (Å²) in [6.45, 7) is -0.210. The second kappa shape index (κ2) is 14.8. The van der Waals surface area contributed by atoms with Crippen LogP contribution in [0.1, 0.15) is 5.56 Å². The third-order valence-electron chi connectivity index (χ3n) is 5.60. The highest BCUT2D eigenvalue weighted by molar-refractivity contribution is 6.01. The number of nitro benzene ring substituents is 1. The van der Waals surface area contributed by atoms with Crippen molar-refractivity contribution in [1.82, 2.24) is 5.32 Å². The highest BCUT2D eigenvalue weighted by Crippen LogP contribution is 2.24. The molecule has 42 heavy (non-hydrogen) atoms. The number of nitrogens with zero attached hydrogens (tertiary/aromatic N) is 2. The number of aliphatic hydroxyl groups excluding tert-OH is 2. The van der Waals surface area contributed by atoms with Gasteiger partial charge in [0.25, 0.3) is 5.69 Å². The second-order valence-corrected chi connectivity index (χ2v) is 8.84. The summed E-state index contributed by atoms with van der Waals surface area (Å²) in [4.78, 5) is 38.9. The van der Waals surface area contributed by atoms with Crippen molar-refractivity contribution < 1.29 is 47.5 Å². The van der Waals surface area contributed by atoms with Crippen LogP contribution in [0.25, 0.3) is 0 Å². The molecular weight excluding hydrogens is 565 g/mol. The molecule has 0 unspecified atom stereocenters. The molecule has 0 fully saturated rings. The summed E-state index contributed by atoms with van der Waals surface area (Å²) in [6.07, 6.45) is -6.07. The lowest BCUT2D eigenvalue weighted by Gasteiger charge is -2.23. The molecular formula is C27H27F3N4O8. The number of halogens is 3. The van der Waals surface area contributed by atoms with E-state index in [4.69, 9.17) is 4.74 Å². The topological polar surface area (TPSA) is 163 Å². The van der Waals surface area contributed by atoms with E-state index in [0.29, 0.717) is 11.3 Å². The van der Waals surface area contributed by atoms with Gasteiger partial charge in [-0.3, -0.25) is 10.1 Å². The van der Waals surface area contributed by atoms with E-state index in [1.165, 1.54) is 36.4 Å². The van der Waals surface area contributed by atoms with E-state index in [9.17, 15) is 43.1 Å². The zero-order valence-electron chi connectivity index (χ0n) is 21.9. The van der Waals surface area contributed by atoms with Gasteiger partial charge in [0.15, 0.2) is 0 Å². The van der Waals surface area contributed by atoms with Gasteiger partial charge in [0.05, 0.1) is 17.2 Å². The van der Waals surface area contributed by atoms with E-state index in [1.807, 2.05) is 6.07 Å². The first-order valence-corrected chi connectivity index (χ1v) is 12.4. The number of benzene rings is 3. The minimum Gasteiger partial charge on any atom is -0.491 e. The van der Waals surface area contributed by atoms with Gasteiger partial charge in [0.2, 0.25) is 0 Å². The molecule has 0 saturated carbocycles. The van der Waals surface area contributed by atoms with Crippen molar-refractivity contribution >= 4 is 29.1 Å². The number of non-ortho nitro benzene ring substituents is 1. The summed E-state index contributed by atoms with van der Waals surface area (Å²) in [7, 11) is 0. The number of ether oxygens (including phenoxy) is 1. The Hall–Kier alpha value is -4.73. The zero-order chi connectivity index (χ0) is 30.7. The lowest BCUT2D eigenvalue weighted by atomic mass is 10.1. The summed E-state index contributed by atoms with van der Waals surface area (Å²) in [5.74, 6) is -2.08. The van der Waals surface area contributed by atoms with Crippen LogP contribution in [0.2, 0.25) is 0 Å². The zero-order valence-corrected chi connectivity index (χ0v) is 21.9. The molecule has 3 aromatic carbocycles. The van der Waals surface area contributed by atoms with Crippen LogP contribution in [0, 0.1) is 10.1 Å². The molecule has 0 aliphatic heterocycles. The van der Waals surface area contributed by atoms with Crippen LogP contribution in [-0.2, 0) is 16.1 Å². The number of hydroxylamine groups is 1. The molecule has 0 spiro atoms. The standard InChI is InChI=1S/C27H27F3N4O8/c28-27(29,30)25(37)42-33(26(38)32-19-5-4-6-22(14-19)34(39)40)21-11-9-18(10-12-21)13-20(16-35)31-15-23(36)17-41-24-7-2-1-3-8-24/h1-12,14,20,23,31,35-36H,13,15-17H2,(H,32,38)/t20-,23-/m0/s1. The van der Waals surface area contributed by atoms with Crippen molar-refractivity contribution in [3.8, 4) is 5.75 Å². The van der Waals surface area contributed by atoms with Crippen LogP contribution in [0.3, 0.4) is 0 Å². The first kappa shape index (κ1) is 31.8. The predicted molar refractivity (Wildman–Crippen MR) is 144 cm³/mol. The van der Waals surface area contributed by atoms with Crippen molar-refractivity contribution in [1.29, 1.82) is 0 Å². The molecule has 2 atom stereocenters. The molecule has 0 bridgehead atoms. The van der Waals surface area contributed by atoms with Crippen molar-refractivity contribution in [3.63, 3.8) is 0 Å². The van der Waals surface area contributed by atoms with Crippen LogP contribution >= 0.6 is 0 Å². The van der Waals surface area contributed by atoms with E-state index in [1.54, 1.807) is 24.3 Å². The van der Waals surface area contributed by atoms with Crippen LogP contribution in [0.15, 0.2) is 78.9 Å². The maximum absolute atomic E-state index is 12.9. The van der Waals surface area contributed by atoms with Crippen molar-refractivity contribution in [2.75, 3.05) is 30.1 Å². The molecule has 12 nitrogen and oxygen atoms in total. The fraction of sp³-hybridized carbons (Fsp3) is 0.259. The number of amides is 2. The maximum atomic E-state index is 12.9. The first-order chi connectivity index (χ1) is 20.0. The normalized spacial score (nSPS) is 12.6. The molecule has 224 valence electrons. The Kier molecular flexibility index (Phi) is 11.2. The Bertz CT molecular complexity index is 1340. The number of aliphatic hydroxyl groups is 2. The summed E-state index contributed by atoms with van der Waals surface area (Å²) in [6, 6.07) is 16.9. The third kappa shape index (κ3) is 9.72. The molecule has 0 saturated heterocycles. The Labute approximate surface area is 237 Å². The SMILES string of the molecule is O=C(Nc1cccc([N+](=O)[O-])c1)N(OC(=O)C(F)(F)F)c1ccc(C[C@@H](CO)NC[C@H](O)COc2ccccc2)cc1. The van der Waals surface area contributed by atoms with Gasteiger partial charge < -0.3 is 30.4 Å². The fourth-order valence-electron chi connectivity index (χ4n) is 3.54. The number of carbonyl (C=O) groups excluding carboxylic acids is 2. The van der Waals surface area contributed by atoms with Crippen LogP contribution in [0.4, 0.5) is 35.0 Å². The number of urea groups is 1. The number of hydrogen-bond donors (Lipinski definition) is 4. The highest BCUT2D eigenvalue weighted by atomic mass is 19.4. The summed E-state index contributed by atoms with van der Waals surface area (Å²) in [5.41, 5.74) is -0.200. The Morgan fingerprint density at radius 1 is 1.02 bits per heavy atom. The number of rotatable bonds is 12. The second-order valence-electron chi connectivity index (χ2n) is 8.84. The lowest BCUT2D eigenvalue weighted by Crippen LogP contribution is -2.41. The van der Waals surface area contributed by atoms with Gasteiger partial charge in [-0.1, -0.05) is 36.4 Å². The van der Waals surface area contributed by atoms with Gasteiger partial charge in [-0.2, -0.15) is 13.2 Å². The van der Waals surface area contributed by atoms with Crippen molar-refractivity contribution in [2.24, 2.45) is 0 Å². The molecule has 3 rings (SSSR count). The number of hydrogen-bond acceptors (Lipinski definition) is 9. The largest absolute Gasteiger partial charge is 0.493 e. The molecule has 0 aromatic heterocycles. The van der Waals surface area contributed by atoms with Crippen molar-refractivity contribution in [3.05, 3.63) is 94.5 Å². The minimum absolute atomic E-state index is 0.00866. The Morgan fingerprint density at radius 3 is 2.33 bits per heavy atom. The molecule has 15 heteroatoms.